The van der Waals surface area contributed by atoms with Crippen molar-refractivity contribution < 1.29 is 9.59 Å². The first-order valence-corrected chi connectivity index (χ1v) is 10.4. The molecule has 2 atom stereocenters. The van der Waals surface area contributed by atoms with Crippen LogP contribution in [0.15, 0.2) is 65.7 Å². The third-order valence-electron chi connectivity index (χ3n) is 5.86. The van der Waals surface area contributed by atoms with Gasteiger partial charge in [0.05, 0.1) is 6.04 Å². The van der Waals surface area contributed by atoms with Crippen LogP contribution in [-0.4, -0.2) is 45.7 Å². The van der Waals surface area contributed by atoms with Crippen molar-refractivity contribution in [2.75, 3.05) is 13.1 Å². The van der Waals surface area contributed by atoms with E-state index in [-0.39, 0.29) is 24.4 Å². The van der Waals surface area contributed by atoms with Gasteiger partial charge in [0.15, 0.2) is 0 Å². The van der Waals surface area contributed by atoms with Crippen LogP contribution in [0.5, 0.6) is 0 Å². The topological polar surface area (TPSA) is 56.4 Å². The Morgan fingerprint density at radius 1 is 1.17 bits per heavy atom. The number of halogens is 1. The molecule has 1 N–H and O–H groups in total. The first kappa shape index (κ1) is 18.2. The summed E-state index contributed by atoms with van der Waals surface area (Å²) in [5, 5.41) is 1.11. The molecular weight excluding hydrogens is 430 g/mol. The Balaban J connectivity index is 1.73. The fourth-order valence-electron chi connectivity index (χ4n) is 4.66. The molecule has 3 heterocycles. The van der Waals surface area contributed by atoms with Crippen LogP contribution in [0, 0.1) is 0 Å². The first-order chi connectivity index (χ1) is 14.1. The van der Waals surface area contributed by atoms with E-state index < -0.39 is 6.04 Å². The van der Waals surface area contributed by atoms with Crippen molar-refractivity contribution >= 4 is 38.6 Å². The molecule has 2 aromatic carbocycles. The lowest BCUT2D eigenvalue weighted by atomic mass is 9.86. The second-order valence-electron chi connectivity index (χ2n) is 7.55. The Labute approximate surface area is 177 Å². The van der Waals surface area contributed by atoms with Crippen LogP contribution in [0.1, 0.15) is 22.9 Å². The summed E-state index contributed by atoms with van der Waals surface area (Å²) >= 11 is 3.55. The number of hydrogen-bond donors (Lipinski definition) is 1. The molecule has 1 fully saturated rings. The normalized spacial score (nSPS) is 21.3. The maximum absolute atomic E-state index is 13.3. The van der Waals surface area contributed by atoms with E-state index in [0.29, 0.717) is 13.0 Å². The highest BCUT2D eigenvalue weighted by Gasteiger charge is 2.47. The summed E-state index contributed by atoms with van der Waals surface area (Å²) in [5.41, 5.74) is 4.13. The van der Waals surface area contributed by atoms with Gasteiger partial charge in [-0.25, -0.2) is 0 Å². The number of aromatic nitrogens is 1. The van der Waals surface area contributed by atoms with Crippen LogP contribution in [0.25, 0.3) is 10.9 Å². The predicted octanol–water partition coefficient (Wildman–Crippen LogP) is 3.80. The van der Waals surface area contributed by atoms with Gasteiger partial charge in [0, 0.05) is 34.0 Å². The molecular formula is C23H20BrN3O2. The minimum atomic E-state index is -0.508. The van der Waals surface area contributed by atoms with E-state index in [1.807, 2.05) is 42.5 Å². The van der Waals surface area contributed by atoms with Gasteiger partial charge in [0.1, 0.15) is 12.6 Å². The number of carbonyl (C=O) groups is 2. The highest BCUT2D eigenvalue weighted by atomic mass is 79.9. The van der Waals surface area contributed by atoms with Crippen LogP contribution in [0.4, 0.5) is 0 Å². The van der Waals surface area contributed by atoms with E-state index in [1.165, 1.54) is 0 Å². The zero-order valence-electron chi connectivity index (χ0n) is 15.8. The number of nitrogens with one attached hydrogen (secondary N) is 1. The molecule has 0 radical (unpaired) electrons. The largest absolute Gasteiger partial charge is 0.356 e. The number of para-hydroxylation sites is 1. The lowest BCUT2D eigenvalue weighted by molar-refractivity contribution is -0.158. The molecule has 1 aromatic heterocycles. The maximum Gasteiger partial charge on any atom is 0.246 e. The lowest BCUT2D eigenvalue weighted by Gasteiger charge is -2.47. The summed E-state index contributed by atoms with van der Waals surface area (Å²) in [6, 6.07) is 15.3. The summed E-state index contributed by atoms with van der Waals surface area (Å²) in [5.74, 6) is -0.0499. The Bertz CT molecular complexity index is 1150. The molecule has 5 rings (SSSR count). The molecule has 0 spiro atoms. The van der Waals surface area contributed by atoms with Gasteiger partial charge in [0.2, 0.25) is 11.8 Å². The smallest absolute Gasteiger partial charge is 0.246 e. The van der Waals surface area contributed by atoms with Crippen LogP contribution in [0.2, 0.25) is 0 Å². The average Bonchev–Trinajstić information content (AvgIpc) is 3.09. The van der Waals surface area contributed by atoms with Crippen molar-refractivity contribution in [2.24, 2.45) is 0 Å². The van der Waals surface area contributed by atoms with Crippen LogP contribution in [0.3, 0.4) is 0 Å². The molecule has 2 unspecified atom stereocenters. The van der Waals surface area contributed by atoms with Gasteiger partial charge in [-0.3, -0.25) is 9.59 Å². The molecule has 1 saturated heterocycles. The average molecular weight is 450 g/mol. The van der Waals surface area contributed by atoms with Gasteiger partial charge in [-0.05, 0) is 29.3 Å². The quantitative estimate of drug-likeness (QED) is 0.618. The number of aromatic amines is 1. The number of nitrogens with zero attached hydrogens (tertiary/aromatic N) is 2. The first-order valence-electron chi connectivity index (χ1n) is 9.64. The van der Waals surface area contributed by atoms with Gasteiger partial charge >= 0.3 is 0 Å². The minimum absolute atomic E-state index is 0.0135. The third kappa shape index (κ3) is 2.82. The minimum Gasteiger partial charge on any atom is -0.356 e. The van der Waals surface area contributed by atoms with Crippen LogP contribution >= 0.6 is 15.9 Å². The SMILES string of the molecule is C=CCN1CC(=O)N2C(Cc3c([nH]c4ccccc34)C2c2cccc(Br)c2)C1=O. The zero-order chi connectivity index (χ0) is 20.1. The number of hydrogen-bond acceptors (Lipinski definition) is 2. The van der Waals surface area contributed by atoms with Crippen molar-refractivity contribution in [1.29, 1.82) is 0 Å². The Morgan fingerprint density at radius 2 is 2.00 bits per heavy atom. The Hall–Kier alpha value is -2.86. The second-order valence-corrected chi connectivity index (χ2v) is 8.46. The number of carbonyl (C=O) groups excluding carboxylic acids is 2. The number of benzene rings is 2. The summed E-state index contributed by atoms with van der Waals surface area (Å²) in [4.78, 5) is 33.4. The highest BCUT2D eigenvalue weighted by Crippen LogP contribution is 2.42. The summed E-state index contributed by atoms with van der Waals surface area (Å²) < 4.78 is 0.943. The van der Waals surface area contributed by atoms with E-state index in [2.05, 4.69) is 33.6 Å². The van der Waals surface area contributed by atoms with Crippen molar-refractivity contribution in [3.63, 3.8) is 0 Å². The number of amides is 2. The predicted molar refractivity (Wildman–Crippen MR) is 115 cm³/mol. The molecule has 0 saturated carbocycles. The monoisotopic (exact) mass is 449 g/mol. The molecule has 0 bridgehead atoms. The summed E-state index contributed by atoms with van der Waals surface area (Å²) in [6.07, 6.45) is 2.19. The van der Waals surface area contributed by atoms with Crippen LogP contribution < -0.4 is 0 Å². The fraction of sp³-hybridized carbons (Fsp3) is 0.217. The van der Waals surface area contributed by atoms with Gasteiger partial charge in [-0.15, -0.1) is 6.58 Å². The van der Waals surface area contributed by atoms with Crippen molar-refractivity contribution in [3.8, 4) is 0 Å². The zero-order valence-corrected chi connectivity index (χ0v) is 17.4. The van der Waals surface area contributed by atoms with E-state index in [1.54, 1.807) is 15.9 Å². The molecule has 146 valence electrons. The molecule has 0 aliphatic carbocycles. The molecule has 3 aromatic rings. The molecule has 6 heteroatoms. The van der Waals surface area contributed by atoms with Gasteiger partial charge in [0.25, 0.3) is 0 Å². The van der Waals surface area contributed by atoms with E-state index in [9.17, 15) is 9.59 Å². The van der Waals surface area contributed by atoms with Gasteiger partial charge in [-0.1, -0.05) is 52.3 Å². The molecule has 2 aliphatic heterocycles. The maximum atomic E-state index is 13.3. The van der Waals surface area contributed by atoms with Crippen molar-refractivity contribution in [3.05, 3.63) is 82.5 Å². The molecule has 29 heavy (non-hydrogen) atoms. The van der Waals surface area contributed by atoms with Crippen molar-refractivity contribution in [2.45, 2.75) is 18.5 Å². The van der Waals surface area contributed by atoms with Gasteiger partial charge in [-0.2, -0.15) is 0 Å². The van der Waals surface area contributed by atoms with E-state index >= 15 is 0 Å². The van der Waals surface area contributed by atoms with Crippen molar-refractivity contribution in [1.82, 2.24) is 14.8 Å². The Kier molecular flexibility index (Phi) is 4.32. The number of piperazine rings is 1. The standard InChI is InChI=1S/C23H20BrN3O2/c1-2-10-26-13-20(28)27-19(23(26)29)12-17-16-8-3-4-9-18(16)25-21(17)22(27)14-6-5-7-15(24)11-14/h2-9,11,19,22,25H,1,10,12-13H2. The summed E-state index contributed by atoms with van der Waals surface area (Å²) in [6.45, 7) is 4.20. The summed E-state index contributed by atoms with van der Waals surface area (Å²) in [7, 11) is 0. The third-order valence-corrected chi connectivity index (χ3v) is 6.35. The molecule has 2 aliphatic rings. The van der Waals surface area contributed by atoms with E-state index in [4.69, 9.17) is 0 Å². The van der Waals surface area contributed by atoms with Gasteiger partial charge < -0.3 is 14.8 Å². The Morgan fingerprint density at radius 3 is 2.79 bits per heavy atom. The lowest BCUT2D eigenvalue weighted by Crippen LogP contribution is -2.62. The van der Waals surface area contributed by atoms with Crippen LogP contribution in [-0.2, 0) is 16.0 Å². The molecule has 2 amide bonds. The molecule has 5 nitrogen and oxygen atoms in total. The number of fused-ring (bicyclic) bond motifs is 4. The van der Waals surface area contributed by atoms with E-state index in [0.717, 1.165) is 32.2 Å². The number of rotatable bonds is 3. The number of H-pyrrole nitrogens is 1. The second kappa shape index (κ2) is 6.88. The fourth-order valence-corrected chi connectivity index (χ4v) is 5.07. The highest BCUT2D eigenvalue weighted by molar-refractivity contribution is 9.10.